The zero-order valence-corrected chi connectivity index (χ0v) is 21.6. The fraction of sp³-hybridized carbons (Fsp3) is 0.409. The molecule has 2 atom stereocenters. The van der Waals surface area contributed by atoms with Crippen LogP contribution >= 0.6 is 23.5 Å². The number of thioether (sulfide) groups is 2. The first-order valence-electron chi connectivity index (χ1n) is 10.9. The van der Waals surface area contributed by atoms with Gasteiger partial charge in [-0.15, -0.1) is 16.9 Å². The van der Waals surface area contributed by atoms with Crippen molar-refractivity contribution in [2.24, 2.45) is 7.05 Å². The van der Waals surface area contributed by atoms with Crippen molar-refractivity contribution < 1.29 is 29.0 Å². The molecule has 2 aromatic rings. The third-order valence-electron chi connectivity index (χ3n) is 5.28. The van der Waals surface area contributed by atoms with E-state index in [4.69, 9.17) is 4.74 Å². The van der Waals surface area contributed by atoms with E-state index in [2.05, 4.69) is 20.8 Å². The molecule has 0 bridgehead atoms. The molecule has 4 rings (SSSR count). The van der Waals surface area contributed by atoms with E-state index in [1.54, 1.807) is 33.9 Å². The number of fused-ring (bicyclic) bond motifs is 1. The van der Waals surface area contributed by atoms with Gasteiger partial charge in [-0.2, -0.15) is 0 Å². The molecule has 0 aliphatic carbocycles. The van der Waals surface area contributed by atoms with Gasteiger partial charge in [-0.1, -0.05) is 23.9 Å². The predicted octanol–water partition coefficient (Wildman–Crippen LogP) is 1.31. The molecule has 36 heavy (non-hydrogen) atoms. The number of carbonyl (C=O) groups excluding carboxylic acids is 3. The number of aromatic nitrogens is 4. The number of aromatic carboxylic acids is 1. The number of amides is 2. The number of hydrogen-bond acceptors (Lipinski definition) is 10. The summed E-state index contributed by atoms with van der Waals surface area (Å²) in [7, 11) is 1.70. The molecule has 1 aromatic heterocycles. The number of esters is 1. The minimum atomic E-state index is -1.25. The van der Waals surface area contributed by atoms with Crippen LogP contribution in [0, 0.1) is 0 Å². The highest BCUT2D eigenvalue weighted by atomic mass is 32.2. The second kappa shape index (κ2) is 9.93. The van der Waals surface area contributed by atoms with Crippen LogP contribution in [-0.4, -0.2) is 82.5 Å². The zero-order chi connectivity index (χ0) is 26.2. The van der Waals surface area contributed by atoms with Crippen molar-refractivity contribution in [1.82, 2.24) is 30.4 Å². The number of benzene rings is 1. The minimum Gasteiger partial charge on any atom is -0.478 e. The second-order valence-electron chi connectivity index (χ2n) is 9.04. The Bertz CT molecular complexity index is 1270. The number of ether oxygens (including phenoxy) is 1. The van der Waals surface area contributed by atoms with Gasteiger partial charge in [-0.05, 0) is 48.9 Å². The van der Waals surface area contributed by atoms with E-state index in [1.807, 2.05) is 0 Å². The van der Waals surface area contributed by atoms with Crippen molar-refractivity contribution in [2.75, 3.05) is 11.5 Å². The maximum atomic E-state index is 13.2. The number of hydrogen-bond donors (Lipinski definition) is 2. The fourth-order valence-electron chi connectivity index (χ4n) is 3.69. The van der Waals surface area contributed by atoms with E-state index in [0.29, 0.717) is 22.2 Å². The molecule has 3 heterocycles. The number of β-lactam (4-membered cyclic amide) rings is 1. The van der Waals surface area contributed by atoms with Crippen LogP contribution < -0.4 is 5.32 Å². The van der Waals surface area contributed by atoms with Crippen molar-refractivity contribution in [1.29, 1.82) is 0 Å². The number of nitrogens with one attached hydrogen (secondary N) is 1. The average molecular weight is 533 g/mol. The molecule has 12 nitrogen and oxygen atoms in total. The van der Waals surface area contributed by atoms with Gasteiger partial charge in [0.25, 0.3) is 11.8 Å². The van der Waals surface area contributed by atoms with Crippen molar-refractivity contribution >= 4 is 47.3 Å². The number of aryl methyl sites for hydroxylation is 1. The van der Waals surface area contributed by atoms with Crippen LogP contribution in [0.2, 0.25) is 0 Å². The number of carboxylic acid groups (broad SMARTS) is 1. The zero-order valence-electron chi connectivity index (χ0n) is 19.9. The van der Waals surface area contributed by atoms with Gasteiger partial charge in [0, 0.05) is 18.6 Å². The van der Waals surface area contributed by atoms with Gasteiger partial charge >= 0.3 is 11.9 Å². The molecule has 2 aliphatic rings. The highest BCUT2D eigenvalue weighted by Gasteiger charge is 2.54. The van der Waals surface area contributed by atoms with E-state index in [9.17, 15) is 24.3 Å². The molecule has 1 fully saturated rings. The SMILES string of the molecule is Cn1nnnc1SCC1=C(C(=O)OC(C)(C)C)N2C(=O)C(NC(=O)c3ccccc3C(=O)O)[C@H]2SC1. The Morgan fingerprint density at radius 3 is 2.56 bits per heavy atom. The van der Waals surface area contributed by atoms with Crippen LogP contribution in [0.3, 0.4) is 0 Å². The quantitative estimate of drug-likeness (QED) is 0.301. The normalized spacial score (nSPS) is 19.4. The minimum absolute atomic E-state index is 0.0469. The van der Waals surface area contributed by atoms with Gasteiger partial charge in [0.15, 0.2) is 0 Å². The van der Waals surface area contributed by atoms with Crippen molar-refractivity contribution in [3.05, 3.63) is 46.7 Å². The monoisotopic (exact) mass is 532 g/mol. The van der Waals surface area contributed by atoms with Crippen LogP contribution in [0.4, 0.5) is 0 Å². The summed E-state index contributed by atoms with van der Waals surface area (Å²) in [6, 6.07) is 4.85. The molecule has 2 N–H and O–H groups in total. The molecule has 1 aromatic carbocycles. The third kappa shape index (κ3) is 5.09. The Morgan fingerprint density at radius 1 is 1.25 bits per heavy atom. The summed E-state index contributed by atoms with van der Waals surface area (Å²) in [5, 5.41) is 23.4. The Balaban J connectivity index is 1.57. The van der Waals surface area contributed by atoms with Crippen molar-refractivity contribution in [2.45, 2.75) is 42.9 Å². The van der Waals surface area contributed by atoms with E-state index in [-0.39, 0.29) is 16.8 Å². The van der Waals surface area contributed by atoms with Crippen molar-refractivity contribution in [3.8, 4) is 0 Å². The van der Waals surface area contributed by atoms with E-state index < -0.39 is 40.8 Å². The second-order valence-corrected chi connectivity index (χ2v) is 11.1. The topological polar surface area (TPSA) is 157 Å². The van der Waals surface area contributed by atoms with Crippen LogP contribution in [0.15, 0.2) is 40.7 Å². The van der Waals surface area contributed by atoms with Gasteiger partial charge in [0.2, 0.25) is 5.16 Å². The number of rotatable bonds is 7. The smallest absolute Gasteiger partial charge is 0.355 e. The molecule has 0 radical (unpaired) electrons. The molecule has 2 amide bonds. The first kappa shape index (κ1) is 25.7. The van der Waals surface area contributed by atoms with E-state index >= 15 is 0 Å². The number of carbonyl (C=O) groups is 4. The maximum absolute atomic E-state index is 13.2. The highest BCUT2D eigenvalue weighted by Crippen LogP contribution is 2.42. The van der Waals surface area contributed by atoms with E-state index in [0.717, 1.165) is 0 Å². The van der Waals surface area contributed by atoms with Gasteiger partial charge in [0.05, 0.1) is 11.1 Å². The largest absolute Gasteiger partial charge is 0.478 e. The lowest BCUT2D eigenvalue weighted by Gasteiger charge is -2.50. The lowest BCUT2D eigenvalue weighted by molar-refractivity contribution is -0.158. The molecule has 190 valence electrons. The molecule has 0 saturated carbocycles. The summed E-state index contributed by atoms with van der Waals surface area (Å²) in [5.74, 6) is -2.25. The fourth-order valence-corrected chi connectivity index (χ4v) is 6.03. The summed E-state index contributed by atoms with van der Waals surface area (Å²) < 4.78 is 7.10. The number of nitrogens with zero attached hydrogens (tertiary/aromatic N) is 5. The van der Waals surface area contributed by atoms with E-state index in [1.165, 1.54) is 51.3 Å². The lowest BCUT2D eigenvalue weighted by atomic mass is 10.0. The first-order chi connectivity index (χ1) is 17.0. The van der Waals surface area contributed by atoms with Gasteiger partial charge in [-0.3, -0.25) is 14.5 Å². The van der Waals surface area contributed by atoms with Crippen LogP contribution in [0.1, 0.15) is 41.5 Å². The number of carboxylic acids is 1. The predicted molar refractivity (Wildman–Crippen MR) is 130 cm³/mol. The molecule has 14 heteroatoms. The molecule has 2 aliphatic heterocycles. The summed E-state index contributed by atoms with van der Waals surface area (Å²) in [6.07, 6.45) is 0. The molecule has 1 unspecified atom stereocenters. The summed E-state index contributed by atoms with van der Waals surface area (Å²) >= 11 is 2.72. The van der Waals surface area contributed by atoms with Crippen LogP contribution in [-0.2, 0) is 21.4 Å². The third-order valence-corrected chi connectivity index (χ3v) is 7.72. The Morgan fingerprint density at radius 2 is 1.94 bits per heavy atom. The molecule has 0 spiro atoms. The molecular weight excluding hydrogens is 508 g/mol. The van der Waals surface area contributed by atoms with Crippen LogP contribution in [0.25, 0.3) is 0 Å². The summed E-state index contributed by atoms with van der Waals surface area (Å²) in [6.45, 7) is 5.21. The summed E-state index contributed by atoms with van der Waals surface area (Å²) in [4.78, 5) is 52.0. The molecular formula is C22H24N6O6S2. The Kier molecular flexibility index (Phi) is 7.09. The lowest BCUT2D eigenvalue weighted by Crippen LogP contribution is -2.70. The highest BCUT2D eigenvalue weighted by molar-refractivity contribution is 8.01. The Labute approximate surface area is 214 Å². The Hall–Kier alpha value is -3.39. The van der Waals surface area contributed by atoms with Crippen molar-refractivity contribution in [3.63, 3.8) is 0 Å². The first-order valence-corrected chi connectivity index (χ1v) is 12.9. The number of tetrazole rings is 1. The molecule has 1 saturated heterocycles. The van der Waals surface area contributed by atoms with Gasteiger partial charge in [0.1, 0.15) is 22.7 Å². The standard InChI is InChI=1S/C22H24N6O6S2/c1-22(2,3)34-20(33)15-11(10-36-21-24-25-26-27(21)4)9-35-18-14(17(30)28(15)18)23-16(29)12-7-5-6-8-13(12)19(31)32/h5-8,14,18H,9-10H2,1-4H3,(H,23,29)(H,31,32)/t14?,18-/m1/s1. The average Bonchev–Trinajstić information content (AvgIpc) is 3.23. The summed E-state index contributed by atoms with van der Waals surface area (Å²) in [5.41, 5.74) is -0.153. The van der Waals surface area contributed by atoms with Crippen LogP contribution in [0.5, 0.6) is 0 Å². The maximum Gasteiger partial charge on any atom is 0.355 e. The van der Waals surface area contributed by atoms with Gasteiger partial charge in [-0.25, -0.2) is 14.3 Å². The van der Waals surface area contributed by atoms with Gasteiger partial charge < -0.3 is 15.2 Å².